The van der Waals surface area contributed by atoms with E-state index in [-0.39, 0.29) is 49.6 Å². The van der Waals surface area contributed by atoms with Gasteiger partial charge in [0.15, 0.2) is 0 Å². The van der Waals surface area contributed by atoms with Crippen LogP contribution in [0.4, 0.5) is 10.1 Å². The quantitative estimate of drug-likeness (QED) is 0.353. The summed E-state index contributed by atoms with van der Waals surface area (Å²) in [4.78, 5) is 28.1. The van der Waals surface area contributed by atoms with Gasteiger partial charge in [-0.3, -0.25) is 13.9 Å². The molecule has 2 rings (SSSR count). The van der Waals surface area contributed by atoms with Gasteiger partial charge in [-0.2, -0.15) is 0 Å². The Balaban J connectivity index is 2.25. The van der Waals surface area contributed by atoms with Crippen molar-refractivity contribution in [3.8, 4) is 5.75 Å². The van der Waals surface area contributed by atoms with Crippen molar-refractivity contribution < 1.29 is 27.1 Å². The Labute approximate surface area is 226 Å². The fraction of sp³-hybridized carbons (Fsp3) is 0.500. The van der Waals surface area contributed by atoms with Crippen LogP contribution >= 0.6 is 0 Å². The normalized spacial score (nSPS) is 12.9. The maximum absolute atomic E-state index is 13.5. The molecule has 0 aliphatic carbocycles. The van der Waals surface area contributed by atoms with Crippen LogP contribution in [0.5, 0.6) is 5.75 Å². The summed E-state index contributed by atoms with van der Waals surface area (Å²) in [5, 5.41) is 2.95. The molecular formula is C28H40FN3O5S. The summed E-state index contributed by atoms with van der Waals surface area (Å²) in [6.07, 6.45) is 2.52. The second-order valence-electron chi connectivity index (χ2n) is 9.23. The van der Waals surface area contributed by atoms with Crippen LogP contribution in [-0.2, 0) is 26.2 Å². The summed E-state index contributed by atoms with van der Waals surface area (Å²) in [7, 11) is -3.65. The van der Waals surface area contributed by atoms with Crippen molar-refractivity contribution in [2.45, 2.75) is 72.0 Å². The van der Waals surface area contributed by atoms with E-state index in [0.29, 0.717) is 30.0 Å². The number of halogens is 1. The number of benzene rings is 2. The molecule has 0 aliphatic rings. The molecule has 0 unspecified atom stereocenters. The summed E-state index contributed by atoms with van der Waals surface area (Å²) in [6, 6.07) is 11.9. The van der Waals surface area contributed by atoms with E-state index in [1.807, 2.05) is 27.7 Å². The Kier molecular flexibility index (Phi) is 12.0. The highest BCUT2D eigenvalue weighted by Gasteiger charge is 2.29. The second-order valence-corrected chi connectivity index (χ2v) is 11.1. The molecule has 0 spiro atoms. The van der Waals surface area contributed by atoms with Gasteiger partial charge >= 0.3 is 0 Å². The number of hydrogen-bond donors (Lipinski definition) is 1. The first-order valence-electron chi connectivity index (χ1n) is 13.1. The van der Waals surface area contributed by atoms with Gasteiger partial charge in [-0.15, -0.1) is 0 Å². The maximum Gasteiger partial charge on any atom is 0.243 e. The zero-order valence-corrected chi connectivity index (χ0v) is 23.8. The topological polar surface area (TPSA) is 96.0 Å². The average molecular weight is 550 g/mol. The zero-order chi connectivity index (χ0) is 28.3. The smallest absolute Gasteiger partial charge is 0.243 e. The molecule has 0 saturated heterocycles. The molecule has 2 aromatic rings. The highest BCUT2D eigenvalue weighted by atomic mass is 32.2. The van der Waals surface area contributed by atoms with E-state index in [1.54, 1.807) is 36.4 Å². The molecule has 0 fully saturated rings. The van der Waals surface area contributed by atoms with E-state index in [0.717, 1.165) is 12.7 Å². The molecule has 1 N–H and O–H groups in total. The van der Waals surface area contributed by atoms with E-state index in [1.165, 1.54) is 21.3 Å². The van der Waals surface area contributed by atoms with Crippen molar-refractivity contribution in [3.05, 3.63) is 59.9 Å². The van der Waals surface area contributed by atoms with Crippen LogP contribution in [0.2, 0.25) is 0 Å². The van der Waals surface area contributed by atoms with Crippen molar-refractivity contribution in [1.82, 2.24) is 10.2 Å². The summed E-state index contributed by atoms with van der Waals surface area (Å²) < 4.78 is 45.6. The maximum atomic E-state index is 13.5. The fourth-order valence-corrected chi connectivity index (χ4v) is 5.04. The average Bonchev–Trinajstić information content (AvgIpc) is 2.87. The highest BCUT2D eigenvalue weighted by Crippen LogP contribution is 2.30. The van der Waals surface area contributed by atoms with Gasteiger partial charge in [0, 0.05) is 25.6 Å². The summed E-state index contributed by atoms with van der Waals surface area (Å²) in [6.45, 7) is 8.09. The molecule has 8 nitrogen and oxygen atoms in total. The van der Waals surface area contributed by atoms with Crippen LogP contribution in [0.1, 0.15) is 58.9 Å². The fourth-order valence-electron chi connectivity index (χ4n) is 4.07. The second kappa shape index (κ2) is 14.7. The third-order valence-electron chi connectivity index (χ3n) is 6.24. The number of nitrogens with one attached hydrogen (secondary N) is 1. The predicted molar refractivity (Wildman–Crippen MR) is 148 cm³/mol. The van der Waals surface area contributed by atoms with Gasteiger partial charge in [0.1, 0.15) is 17.6 Å². The third-order valence-corrected chi connectivity index (χ3v) is 7.42. The molecule has 0 radical (unpaired) electrons. The lowest BCUT2D eigenvalue weighted by molar-refractivity contribution is -0.141. The number of para-hydroxylation sites is 2. The molecule has 2 atom stereocenters. The molecule has 10 heteroatoms. The Morgan fingerprint density at radius 2 is 1.68 bits per heavy atom. The van der Waals surface area contributed by atoms with E-state index in [4.69, 9.17) is 4.74 Å². The molecule has 0 saturated carbocycles. The van der Waals surface area contributed by atoms with Crippen LogP contribution < -0.4 is 14.4 Å². The van der Waals surface area contributed by atoms with Crippen LogP contribution in [0, 0.1) is 5.82 Å². The van der Waals surface area contributed by atoms with E-state index < -0.39 is 16.1 Å². The van der Waals surface area contributed by atoms with Gasteiger partial charge in [-0.1, -0.05) is 38.1 Å². The van der Waals surface area contributed by atoms with Crippen molar-refractivity contribution in [2.75, 3.05) is 23.7 Å². The van der Waals surface area contributed by atoms with Gasteiger partial charge in [-0.05, 0) is 62.9 Å². The van der Waals surface area contributed by atoms with E-state index >= 15 is 0 Å². The van der Waals surface area contributed by atoms with Crippen LogP contribution in [0.25, 0.3) is 0 Å². The molecule has 210 valence electrons. The first-order valence-corrected chi connectivity index (χ1v) is 14.9. The number of nitrogens with zero attached hydrogens (tertiary/aromatic N) is 2. The molecule has 2 aromatic carbocycles. The van der Waals surface area contributed by atoms with E-state index in [9.17, 15) is 22.4 Å². The number of sulfonamides is 1. The number of anilines is 1. The first kappa shape index (κ1) is 31.1. The largest absolute Gasteiger partial charge is 0.492 e. The van der Waals surface area contributed by atoms with Gasteiger partial charge < -0.3 is 15.0 Å². The highest BCUT2D eigenvalue weighted by molar-refractivity contribution is 7.92. The van der Waals surface area contributed by atoms with Gasteiger partial charge in [0.2, 0.25) is 21.8 Å². The summed E-state index contributed by atoms with van der Waals surface area (Å²) in [5.74, 6) is -0.480. The third kappa shape index (κ3) is 9.01. The monoisotopic (exact) mass is 549 g/mol. The molecule has 0 aromatic heterocycles. The Morgan fingerprint density at radius 1 is 1.03 bits per heavy atom. The van der Waals surface area contributed by atoms with Gasteiger partial charge in [0.05, 0.1) is 18.6 Å². The van der Waals surface area contributed by atoms with Crippen molar-refractivity contribution in [3.63, 3.8) is 0 Å². The molecule has 0 bridgehead atoms. The van der Waals surface area contributed by atoms with Crippen molar-refractivity contribution in [1.29, 1.82) is 0 Å². The molecule has 0 aliphatic heterocycles. The SMILES string of the molecule is CCOc1ccccc1N(CCCC(=O)N(Cc1ccc(F)cc1)[C@H](CC)C(=O)N[C@H](C)CC)S(C)(=O)=O. The number of ether oxygens (including phenoxy) is 1. The van der Waals surface area contributed by atoms with Crippen LogP contribution in [-0.4, -0.2) is 56.6 Å². The molecule has 0 heterocycles. The predicted octanol–water partition coefficient (Wildman–Crippen LogP) is 4.49. The van der Waals surface area contributed by atoms with Crippen molar-refractivity contribution in [2.24, 2.45) is 0 Å². The number of carbonyl (C=O) groups excluding carboxylic acids is 2. The minimum absolute atomic E-state index is 0.0249. The summed E-state index contributed by atoms with van der Waals surface area (Å²) >= 11 is 0. The van der Waals surface area contributed by atoms with Crippen LogP contribution in [0.15, 0.2) is 48.5 Å². The zero-order valence-electron chi connectivity index (χ0n) is 22.9. The first-order chi connectivity index (χ1) is 18.0. The molecule has 2 amide bonds. The standard InChI is InChI=1S/C28H40FN3O5S/c1-6-21(4)30-28(34)24(7-2)31(20-22-15-17-23(29)18-16-22)27(33)14-11-19-32(38(5,35)36)25-12-9-10-13-26(25)37-8-3/h9-10,12-13,15-18,21,24H,6-8,11,14,19-20H2,1-5H3,(H,30,34)/t21-,24-/m1/s1. The lowest BCUT2D eigenvalue weighted by Crippen LogP contribution is -2.50. The summed E-state index contributed by atoms with van der Waals surface area (Å²) in [5.41, 5.74) is 1.10. The lowest BCUT2D eigenvalue weighted by atomic mass is 10.1. The van der Waals surface area contributed by atoms with E-state index in [2.05, 4.69) is 5.32 Å². The minimum atomic E-state index is -3.65. The van der Waals surface area contributed by atoms with Crippen LogP contribution in [0.3, 0.4) is 0 Å². The van der Waals surface area contributed by atoms with Crippen molar-refractivity contribution >= 4 is 27.5 Å². The minimum Gasteiger partial charge on any atom is -0.492 e. The number of carbonyl (C=O) groups is 2. The van der Waals surface area contributed by atoms with Gasteiger partial charge in [0.25, 0.3) is 0 Å². The van der Waals surface area contributed by atoms with Gasteiger partial charge in [-0.25, -0.2) is 12.8 Å². The lowest BCUT2D eigenvalue weighted by Gasteiger charge is -2.32. The molecular weight excluding hydrogens is 509 g/mol. The Morgan fingerprint density at radius 3 is 2.26 bits per heavy atom. The molecule has 38 heavy (non-hydrogen) atoms. The number of hydrogen-bond acceptors (Lipinski definition) is 5. The Bertz CT molecular complexity index is 1160. The Hall–Kier alpha value is -3.14. The number of rotatable bonds is 15. The number of amides is 2.